The Kier molecular flexibility index (Phi) is 9.81. The smallest absolute Gasteiger partial charge is 0.305 e. The largest absolute Gasteiger partial charge is 0.493 e. The molecule has 4 N–H and O–H groups in total. The molecule has 2 rings (SSSR count). The molecule has 0 saturated carbocycles. The quantitative estimate of drug-likeness (QED) is 0.0773. The molecule has 1 fully saturated rings. The van der Waals surface area contributed by atoms with Gasteiger partial charge in [0, 0.05) is 32.1 Å². The fourth-order valence-electron chi connectivity index (χ4n) is 3.08. The van der Waals surface area contributed by atoms with E-state index < -0.39 is 21.1 Å². The number of benzene rings is 1. The Balaban J connectivity index is 1.71. The minimum atomic E-state index is -3.74. The lowest BCUT2D eigenvalue weighted by molar-refractivity contribution is -0.757. The molecule has 0 aromatic heterocycles. The van der Waals surface area contributed by atoms with Gasteiger partial charge in [-0.2, -0.15) is 4.31 Å². The second-order valence-electron chi connectivity index (χ2n) is 7.21. The highest BCUT2D eigenvalue weighted by molar-refractivity contribution is 7.89. The zero-order valence-electron chi connectivity index (χ0n) is 18.3. The first-order valence-corrected chi connectivity index (χ1v) is 11.9. The third-order valence-electron chi connectivity index (χ3n) is 4.80. The SMILES string of the molecule is CCOc1ccc(S(=O)(=O)N2CC(NCCOC(=O)CCCCO[N+](=O)[O-])C2)cc1C(=N)N. The summed E-state index contributed by atoms with van der Waals surface area (Å²) in [5, 5.41) is 19.9. The predicted octanol–water partition coefficient (Wildman–Crippen LogP) is 0.254. The van der Waals surface area contributed by atoms with Crippen molar-refractivity contribution < 1.29 is 32.6 Å². The number of ether oxygens (including phenoxy) is 2. The van der Waals surface area contributed by atoms with Crippen molar-refractivity contribution in [3.8, 4) is 5.75 Å². The van der Waals surface area contributed by atoms with Crippen LogP contribution in [-0.4, -0.2) is 75.1 Å². The summed E-state index contributed by atoms with van der Waals surface area (Å²) >= 11 is 0. The maximum Gasteiger partial charge on any atom is 0.305 e. The Morgan fingerprint density at radius 1 is 1.33 bits per heavy atom. The van der Waals surface area contributed by atoms with Gasteiger partial charge in [0.05, 0.1) is 23.7 Å². The first kappa shape index (κ1) is 26.3. The van der Waals surface area contributed by atoms with Crippen LogP contribution in [0.1, 0.15) is 31.7 Å². The molecular weight excluding hydrogens is 458 g/mol. The fourth-order valence-corrected chi connectivity index (χ4v) is 4.64. The molecule has 1 heterocycles. The number of nitrogens with zero attached hydrogens (tertiary/aromatic N) is 2. The second-order valence-corrected chi connectivity index (χ2v) is 9.15. The standard InChI is InChI=1S/C19H29N5O8S/c1-2-30-17-7-6-15(11-16(17)19(20)21)33(28,29)23-12-14(13-23)22-8-10-31-18(25)5-3-4-9-32-24(26)27/h6-7,11,14,22H,2-5,8-10,12-13H2,1H3,(H3,20,21). The number of rotatable bonds is 15. The highest BCUT2D eigenvalue weighted by atomic mass is 32.2. The van der Waals surface area contributed by atoms with Gasteiger partial charge >= 0.3 is 5.97 Å². The number of nitrogens with one attached hydrogen (secondary N) is 2. The zero-order chi connectivity index (χ0) is 24.4. The minimum absolute atomic E-state index is 0.0344. The number of nitrogen functional groups attached to an aromatic ring is 1. The number of unbranched alkanes of at least 4 members (excludes halogenated alkanes) is 1. The van der Waals surface area contributed by atoms with Gasteiger partial charge in [-0.05, 0) is 38.0 Å². The molecule has 0 unspecified atom stereocenters. The number of carbonyl (C=O) groups is 1. The van der Waals surface area contributed by atoms with E-state index >= 15 is 0 Å². The highest BCUT2D eigenvalue weighted by Crippen LogP contribution is 2.27. The summed E-state index contributed by atoms with van der Waals surface area (Å²) in [5.74, 6) is -0.336. The summed E-state index contributed by atoms with van der Waals surface area (Å²) in [6.07, 6.45) is 0.941. The van der Waals surface area contributed by atoms with E-state index in [0.29, 0.717) is 31.7 Å². The third kappa shape index (κ3) is 7.83. The van der Waals surface area contributed by atoms with Crippen LogP contribution in [0.4, 0.5) is 0 Å². The Morgan fingerprint density at radius 3 is 2.70 bits per heavy atom. The van der Waals surface area contributed by atoms with Gasteiger partial charge in [-0.15, -0.1) is 10.1 Å². The summed E-state index contributed by atoms with van der Waals surface area (Å²) in [7, 11) is -3.74. The van der Waals surface area contributed by atoms with Crippen LogP contribution in [-0.2, 0) is 24.4 Å². The van der Waals surface area contributed by atoms with E-state index in [-0.39, 0.29) is 55.1 Å². The van der Waals surface area contributed by atoms with Crippen molar-refractivity contribution >= 4 is 21.8 Å². The third-order valence-corrected chi connectivity index (χ3v) is 6.62. The lowest BCUT2D eigenvalue weighted by Crippen LogP contribution is -2.60. The van der Waals surface area contributed by atoms with Crippen LogP contribution in [0.25, 0.3) is 0 Å². The van der Waals surface area contributed by atoms with E-state index in [1.165, 1.54) is 22.5 Å². The molecule has 1 aliphatic rings. The lowest BCUT2D eigenvalue weighted by Gasteiger charge is -2.38. The highest BCUT2D eigenvalue weighted by Gasteiger charge is 2.36. The van der Waals surface area contributed by atoms with Gasteiger partial charge in [-0.25, -0.2) is 8.42 Å². The van der Waals surface area contributed by atoms with Crippen LogP contribution in [0, 0.1) is 15.5 Å². The van der Waals surface area contributed by atoms with Crippen molar-refractivity contribution in [3.63, 3.8) is 0 Å². The van der Waals surface area contributed by atoms with Crippen LogP contribution in [0.3, 0.4) is 0 Å². The molecule has 33 heavy (non-hydrogen) atoms. The lowest BCUT2D eigenvalue weighted by atomic mass is 10.2. The molecule has 1 aromatic carbocycles. The Labute approximate surface area is 191 Å². The molecule has 0 aliphatic carbocycles. The second kappa shape index (κ2) is 12.3. The van der Waals surface area contributed by atoms with E-state index in [9.17, 15) is 23.3 Å². The average molecular weight is 488 g/mol. The maximum atomic E-state index is 12.8. The van der Waals surface area contributed by atoms with Crippen LogP contribution in [0.2, 0.25) is 0 Å². The van der Waals surface area contributed by atoms with Crippen molar-refractivity contribution in [1.29, 1.82) is 5.41 Å². The van der Waals surface area contributed by atoms with Crippen molar-refractivity contribution in [2.75, 3.05) is 39.5 Å². The molecule has 0 spiro atoms. The van der Waals surface area contributed by atoms with Crippen molar-refractivity contribution in [2.24, 2.45) is 5.73 Å². The van der Waals surface area contributed by atoms with Crippen molar-refractivity contribution in [3.05, 3.63) is 33.9 Å². The van der Waals surface area contributed by atoms with Crippen LogP contribution >= 0.6 is 0 Å². The molecule has 1 aliphatic heterocycles. The number of sulfonamides is 1. The number of amidine groups is 1. The van der Waals surface area contributed by atoms with Gasteiger partial charge in [-0.1, -0.05) is 0 Å². The van der Waals surface area contributed by atoms with Gasteiger partial charge in [-0.3, -0.25) is 10.2 Å². The van der Waals surface area contributed by atoms with E-state index in [1.807, 2.05) is 0 Å². The molecule has 184 valence electrons. The summed E-state index contributed by atoms with van der Waals surface area (Å²) in [6.45, 7) is 3.10. The minimum Gasteiger partial charge on any atom is -0.493 e. The first-order chi connectivity index (χ1) is 15.6. The Morgan fingerprint density at radius 2 is 2.06 bits per heavy atom. The van der Waals surface area contributed by atoms with E-state index in [4.69, 9.17) is 20.6 Å². The summed E-state index contributed by atoms with van der Waals surface area (Å²) in [5.41, 5.74) is 5.78. The van der Waals surface area contributed by atoms with Gasteiger partial charge < -0.3 is 25.4 Å². The molecule has 0 amide bonds. The topological polar surface area (TPSA) is 187 Å². The summed E-state index contributed by atoms with van der Waals surface area (Å²) in [6, 6.07) is 4.18. The fraction of sp³-hybridized carbons (Fsp3) is 0.579. The Bertz CT molecular complexity index is 950. The number of carbonyl (C=O) groups excluding carboxylic acids is 1. The number of hydrogen-bond acceptors (Lipinski definition) is 10. The van der Waals surface area contributed by atoms with Crippen LogP contribution in [0.15, 0.2) is 23.1 Å². The summed E-state index contributed by atoms with van der Waals surface area (Å²) < 4.78 is 37.4. The van der Waals surface area contributed by atoms with Gasteiger partial charge in [0.15, 0.2) is 0 Å². The zero-order valence-corrected chi connectivity index (χ0v) is 19.1. The molecule has 0 radical (unpaired) electrons. The van der Waals surface area contributed by atoms with E-state index in [2.05, 4.69) is 10.2 Å². The maximum absolute atomic E-state index is 12.8. The molecule has 1 aromatic rings. The summed E-state index contributed by atoms with van der Waals surface area (Å²) in [4.78, 5) is 25.8. The number of hydrogen-bond donors (Lipinski definition) is 3. The van der Waals surface area contributed by atoms with Gasteiger partial charge in [0.25, 0.3) is 5.09 Å². The van der Waals surface area contributed by atoms with Crippen molar-refractivity contribution in [2.45, 2.75) is 37.1 Å². The number of esters is 1. The molecule has 13 nitrogen and oxygen atoms in total. The first-order valence-electron chi connectivity index (χ1n) is 10.4. The molecule has 0 atom stereocenters. The van der Waals surface area contributed by atoms with Crippen LogP contribution in [0.5, 0.6) is 5.75 Å². The monoisotopic (exact) mass is 487 g/mol. The van der Waals surface area contributed by atoms with Crippen molar-refractivity contribution in [1.82, 2.24) is 9.62 Å². The molecule has 1 saturated heterocycles. The predicted molar refractivity (Wildman–Crippen MR) is 117 cm³/mol. The molecular formula is C19H29N5O8S. The van der Waals surface area contributed by atoms with Gasteiger partial charge in [0.1, 0.15) is 18.2 Å². The molecule has 14 heteroatoms. The normalized spacial score (nSPS) is 14.3. The van der Waals surface area contributed by atoms with E-state index in [1.54, 1.807) is 6.92 Å². The van der Waals surface area contributed by atoms with Gasteiger partial charge in [0.2, 0.25) is 10.0 Å². The van der Waals surface area contributed by atoms with Crippen LogP contribution < -0.4 is 15.8 Å². The average Bonchev–Trinajstić information content (AvgIpc) is 2.71. The Hall–Kier alpha value is -2.97. The molecule has 0 bridgehead atoms. The van der Waals surface area contributed by atoms with E-state index in [0.717, 1.165) is 0 Å². The number of nitrogens with two attached hydrogens (primary N) is 1.